The molecule has 0 bridgehead atoms. The van der Waals surface area contributed by atoms with Gasteiger partial charge >= 0.3 is 0 Å². The second kappa shape index (κ2) is 7.21. The molecule has 0 saturated heterocycles. The molecule has 3 nitrogen and oxygen atoms in total. The Morgan fingerprint density at radius 1 is 1.10 bits per heavy atom. The predicted octanol–water partition coefficient (Wildman–Crippen LogP) is 4.64. The second-order valence-corrected chi connectivity index (χ2v) is 5.50. The highest BCUT2D eigenvalue weighted by Crippen LogP contribution is 2.19. The highest BCUT2D eigenvalue weighted by Gasteiger charge is 2.17. The van der Waals surface area contributed by atoms with Crippen LogP contribution in [0.2, 0.25) is 0 Å². The van der Waals surface area contributed by atoms with Crippen molar-refractivity contribution >= 4 is 5.78 Å². The van der Waals surface area contributed by atoms with E-state index in [1.165, 1.54) is 12.8 Å². The largest absolute Gasteiger partial charge is 0.300 e. The lowest BCUT2D eigenvalue weighted by Gasteiger charge is -2.07. The van der Waals surface area contributed by atoms with Crippen LogP contribution in [0.15, 0.2) is 30.3 Å². The number of aryl methyl sites for hydroxylation is 1. The van der Waals surface area contributed by atoms with Crippen LogP contribution >= 0.6 is 0 Å². The summed E-state index contributed by atoms with van der Waals surface area (Å²) in [6, 6.07) is 10.1. The van der Waals surface area contributed by atoms with Gasteiger partial charge in [0.15, 0.2) is 5.78 Å². The SMILES string of the molecule is CCCCCCC(=O)c1nc(C)n(-c2ccccc2)c1C. The maximum atomic E-state index is 12.3. The van der Waals surface area contributed by atoms with Crippen molar-refractivity contribution in [1.82, 2.24) is 9.55 Å². The van der Waals surface area contributed by atoms with E-state index in [9.17, 15) is 4.79 Å². The predicted molar refractivity (Wildman–Crippen MR) is 86.1 cm³/mol. The lowest BCUT2D eigenvalue weighted by Crippen LogP contribution is -2.04. The number of para-hydroxylation sites is 1. The van der Waals surface area contributed by atoms with Crippen LogP contribution in [0.3, 0.4) is 0 Å². The molecule has 0 aliphatic rings. The van der Waals surface area contributed by atoms with Crippen LogP contribution in [0, 0.1) is 13.8 Å². The lowest BCUT2D eigenvalue weighted by atomic mass is 10.1. The number of hydrogen-bond donors (Lipinski definition) is 0. The molecule has 112 valence electrons. The molecule has 0 aliphatic carbocycles. The van der Waals surface area contributed by atoms with Gasteiger partial charge < -0.3 is 4.57 Å². The van der Waals surface area contributed by atoms with Crippen molar-refractivity contribution in [3.8, 4) is 5.69 Å². The number of carbonyl (C=O) groups is 1. The molecule has 0 spiro atoms. The zero-order valence-electron chi connectivity index (χ0n) is 13.2. The van der Waals surface area contributed by atoms with E-state index in [4.69, 9.17) is 0 Å². The van der Waals surface area contributed by atoms with Crippen LogP contribution in [0.5, 0.6) is 0 Å². The van der Waals surface area contributed by atoms with Crippen LogP contribution in [0.4, 0.5) is 0 Å². The number of rotatable bonds is 7. The van der Waals surface area contributed by atoms with Gasteiger partial charge in [-0.25, -0.2) is 4.98 Å². The van der Waals surface area contributed by atoms with Crippen LogP contribution in [-0.4, -0.2) is 15.3 Å². The zero-order valence-corrected chi connectivity index (χ0v) is 13.2. The van der Waals surface area contributed by atoms with E-state index in [2.05, 4.69) is 16.5 Å². The maximum absolute atomic E-state index is 12.3. The Kier molecular flexibility index (Phi) is 5.32. The van der Waals surface area contributed by atoms with Gasteiger partial charge in [-0.2, -0.15) is 0 Å². The first-order chi connectivity index (χ1) is 10.1. The standard InChI is InChI=1S/C18H24N2O/c1-4-5-6-10-13-17(21)18-14(2)20(15(3)19-18)16-11-8-7-9-12-16/h7-9,11-12H,4-6,10,13H2,1-3H3. The summed E-state index contributed by atoms with van der Waals surface area (Å²) in [5.41, 5.74) is 2.64. The van der Waals surface area contributed by atoms with Gasteiger partial charge in [0.05, 0.1) is 5.69 Å². The van der Waals surface area contributed by atoms with E-state index >= 15 is 0 Å². The van der Waals surface area contributed by atoms with Gasteiger partial charge in [0.25, 0.3) is 0 Å². The van der Waals surface area contributed by atoms with E-state index in [1.807, 2.05) is 44.2 Å². The molecule has 1 aromatic carbocycles. The number of Topliss-reactive ketones (excluding diaryl/α,β-unsaturated/α-hetero) is 1. The van der Waals surface area contributed by atoms with Crippen molar-refractivity contribution in [2.24, 2.45) is 0 Å². The van der Waals surface area contributed by atoms with Crippen LogP contribution < -0.4 is 0 Å². The Hall–Kier alpha value is -1.90. The minimum absolute atomic E-state index is 0.168. The molecule has 0 unspecified atom stereocenters. The molecule has 0 radical (unpaired) electrons. The molecule has 2 aromatic rings. The molecule has 1 aromatic heterocycles. The number of aromatic nitrogens is 2. The topological polar surface area (TPSA) is 34.9 Å². The van der Waals surface area contributed by atoms with Crippen LogP contribution in [-0.2, 0) is 0 Å². The van der Waals surface area contributed by atoms with Gasteiger partial charge in [-0.15, -0.1) is 0 Å². The van der Waals surface area contributed by atoms with Gasteiger partial charge in [-0.1, -0.05) is 44.4 Å². The monoisotopic (exact) mass is 284 g/mol. The highest BCUT2D eigenvalue weighted by atomic mass is 16.1. The van der Waals surface area contributed by atoms with Crippen molar-refractivity contribution in [3.63, 3.8) is 0 Å². The quantitative estimate of drug-likeness (QED) is 0.548. The number of unbranched alkanes of at least 4 members (excludes halogenated alkanes) is 3. The summed E-state index contributed by atoms with van der Waals surface area (Å²) in [5, 5.41) is 0. The van der Waals surface area contributed by atoms with E-state index in [1.54, 1.807) is 0 Å². The Morgan fingerprint density at radius 3 is 2.48 bits per heavy atom. The normalized spacial score (nSPS) is 10.8. The van der Waals surface area contributed by atoms with Crippen molar-refractivity contribution in [3.05, 3.63) is 47.5 Å². The van der Waals surface area contributed by atoms with Crippen LogP contribution in [0.25, 0.3) is 5.69 Å². The highest BCUT2D eigenvalue weighted by molar-refractivity contribution is 5.95. The van der Waals surface area contributed by atoms with Gasteiger partial charge in [-0.05, 0) is 32.4 Å². The minimum atomic E-state index is 0.168. The Morgan fingerprint density at radius 2 is 1.81 bits per heavy atom. The molecular formula is C18H24N2O. The molecule has 2 rings (SSSR count). The van der Waals surface area contributed by atoms with Gasteiger partial charge in [0.2, 0.25) is 0 Å². The molecule has 0 fully saturated rings. The Bertz CT molecular complexity index is 599. The fraction of sp³-hybridized carbons (Fsp3) is 0.444. The van der Waals surface area contributed by atoms with Crippen molar-refractivity contribution in [2.45, 2.75) is 52.9 Å². The number of benzene rings is 1. The number of hydrogen-bond acceptors (Lipinski definition) is 2. The molecule has 3 heteroatoms. The average Bonchev–Trinajstić information content (AvgIpc) is 2.79. The van der Waals surface area contributed by atoms with Gasteiger partial charge in [0.1, 0.15) is 11.5 Å². The summed E-state index contributed by atoms with van der Waals surface area (Å²) in [4.78, 5) is 16.8. The zero-order chi connectivity index (χ0) is 15.2. The summed E-state index contributed by atoms with van der Waals surface area (Å²) >= 11 is 0. The number of carbonyl (C=O) groups excluding carboxylic acids is 1. The molecule has 0 saturated carbocycles. The molecule has 0 atom stereocenters. The van der Waals surface area contributed by atoms with E-state index in [-0.39, 0.29) is 5.78 Å². The molecule has 0 N–H and O–H groups in total. The van der Waals surface area contributed by atoms with E-state index in [0.717, 1.165) is 30.0 Å². The number of ketones is 1. The third-order valence-corrected chi connectivity index (χ3v) is 3.81. The second-order valence-electron chi connectivity index (χ2n) is 5.50. The molecule has 1 heterocycles. The van der Waals surface area contributed by atoms with E-state index in [0.29, 0.717) is 12.1 Å². The first-order valence-corrected chi connectivity index (χ1v) is 7.79. The van der Waals surface area contributed by atoms with Crippen molar-refractivity contribution < 1.29 is 4.79 Å². The first kappa shape index (κ1) is 15.5. The molecule has 0 aliphatic heterocycles. The fourth-order valence-corrected chi connectivity index (χ4v) is 2.69. The number of nitrogens with zero attached hydrogens (tertiary/aromatic N) is 2. The van der Waals surface area contributed by atoms with Crippen molar-refractivity contribution in [1.29, 1.82) is 0 Å². The van der Waals surface area contributed by atoms with Crippen LogP contribution in [0.1, 0.15) is 61.0 Å². The van der Waals surface area contributed by atoms with Crippen molar-refractivity contribution in [2.75, 3.05) is 0 Å². The minimum Gasteiger partial charge on any atom is -0.300 e. The third kappa shape index (κ3) is 3.60. The lowest BCUT2D eigenvalue weighted by molar-refractivity contribution is 0.0974. The molecule has 21 heavy (non-hydrogen) atoms. The molecule has 0 amide bonds. The van der Waals surface area contributed by atoms with Gasteiger partial charge in [0, 0.05) is 12.1 Å². The summed E-state index contributed by atoms with van der Waals surface area (Å²) in [6.45, 7) is 6.11. The summed E-state index contributed by atoms with van der Waals surface area (Å²) < 4.78 is 2.05. The maximum Gasteiger partial charge on any atom is 0.183 e. The number of imidazole rings is 1. The Balaban J connectivity index is 2.17. The smallest absolute Gasteiger partial charge is 0.183 e. The summed E-state index contributed by atoms with van der Waals surface area (Å²) in [5.74, 6) is 1.04. The first-order valence-electron chi connectivity index (χ1n) is 7.79. The average molecular weight is 284 g/mol. The Labute approximate surface area is 127 Å². The summed E-state index contributed by atoms with van der Waals surface area (Å²) in [7, 11) is 0. The van der Waals surface area contributed by atoms with Gasteiger partial charge in [-0.3, -0.25) is 4.79 Å². The summed E-state index contributed by atoms with van der Waals surface area (Å²) in [6.07, 6.45) is 5.08. The third-order valence-electron chi connectivity index (χ3n) is 3.81. The molecular weight excluding hydrogens is 260 g/mol. The fourth-order valence-electron chi connectivity index (χ4n) is 2.69. The van der Waals surface area contributed by atoms with E-state index < -0.39 is 0 Å².